The van der Waals surface area contributed by atoms with Gasteiger partial charge >= 0.3 is 0 Å². The van der Waals surface area contributed by atoms with Crippen LogP contribution in [-0.4, -0.2) is 13.0 Å². The van der Waals surface area contributed by atoms with E-state index in [2.05, 4.69) is 32.2 Å². The van der Waals surface area contributed by atoms with Gasteiger partial charge in [0.05, 0.1) is 0 Å². The third kappa shape index (κ3) is 3.07. The number of nitrogens with one attached hydrogen (secondary N) is 1. The second-order valence-corrected chi connectivity index (χ2v) is 5.41. The van der Waals surface area contributed by atoms with Crippen LogP contribution >= 0.6 is 0 Å². The van der Waals surface area contributed by atoms with E-state index in [0.717, 1.165) is 11.1 Å². The highest BCUT2D eigenvalue weighted by Crippen LogP contribution is 2.26. The smallest absolute Gasteiger partial charge is 0.241 e. The third-order valence-electron chi connectivity index (χ3n) is 3.00. The Bertz CT molecular complexity index is 419. The van der Waals surface area contributed by atoms with Crippen LogP contribution in [0.1, 0.15) is 43.5 Å². The summed E-state index contributed by atoms with van der Waals surface area (Å²) in [5, 5.41) is 2.57. The molecule has 0 aliphatic rings. The molecule has 0 aromatic heterocycles. The average Bonchev–Trinajstić information content (AvgIpc) is 2.25. The Morgan fingerprint density at radius 1 is 1.35 bits per heavy atom. The fraction of sp³-hybridized carbons (Fsp3) is 0.500. The van der Waals surface area contributed by atoms with Gasteiger partial charge in [0.25, 0.3) is 0 Å². The number of hydrogen-bond donors (Lipinski definition) is 2. The molecule has 0 fully saturated rings. The van der Waals surface area contributed by atoms with Gasteiger partial charge in [0.2, 0.25) is 5.91 Å². The molecule has 94 valence electrons. The van der Waals surface area contributed by atoms with Gasteiger partial charge in [-0.1, -0.05) is 39.0 Å². The van der Waals surface area contributed by atoms with Crippen LogP contribution in [0.15, 0.2) is 18.2 Å². The molecule has 1 aromatic carbocycles. The number of hydrogen-bond acceptors (Lipinski definition) is 2. The summed E-state index contributed by atoms with van der Waals surface area (Å²) in [7, 11) is 1.60. The van der Waals surface area contributed by atoms with Gasteiger partial charge in [-0.25, -0.2) is 0 Å². The molecule has 0 radical (unpaired) electrons. The molecule has 1 unspecified atom stereocenters. The molecule has 1 atom stereocenters. The largest absolute Gasteiger partial charge is 0.358 e. The summed E-state index contributed by atoms with van der Waals surface area (Å²) >= 11 is 0. The second-order valence-electron chi connectivity index (χ2n) is 5.41. The normalized spacial score (nSPS) is 13.3. The van der Waals surface area contributed by atoms with Crippen LogP contribution in [0.5, 0.6) is 0 Å². The second kappa shape index (κ2) is 4.88. The Kier molecular flexibility index (Phi) is 3.94. The fourth-order valence-electron chi connectivity index (χ4n) is 1.79. The minimum absolute atomic E-state index is 0.112. The SMILES string of the molecule is CNC(=O)C(N)c1ccc(C(C)(C)C)cc1C. The lowest BCUT2D eigenvalue weighted by Crippen LogP contribution is -2.32. The van der Waals surface area contributed by atoms with Crippen LogP contribution in [-0.2, 0) is 10.2 Å². The van der Waals surface area contributed by atoms with Crippen LogP contribution in [0, 0.1) is 6.92 Å². The van der Waals surface area contributed by atoms with Crippen LogP contribution < -0.4 is 11.1 Å². The molecule has 0 aliphatic carbocycles. The van der Waals surface area contributed by atoms with E-state index in [1.165, 1.54) is 5.56 Å². The van der Waals surface area contributed by atoms with E-state index in [4.69, 9.17) is 5.73 Å². The molecule has 17 heavy (non-hydrogen) atoms. The first-order valence-electron chi connectivity index (χ1n) is 5.85. The fourth-order valence-corrected chi connectivity index (χ4v) is 1.79. The molecule has 0 aliphatic heterocycles. The molecule has 1 aromatic rings. The highest BCUT2D eigenvalue weighted by Gasteiger charge is 2.19. The first-order chi connectivity index (χ1) is 7.77. The van der Waals surface area contributed by atoms with E-state index in [1.54, 1.807) is 7.05 Å². The van der Waals surface area contributed by atoms with Crippen LogP contribution in [0.4, 0.5) is 0 Å². The van der Waals surface area contributed by atoms with Gasteiger partial charge in [-0.05, 0) is 29.0 Å². The molecule has 1 amide bonds. The number of carbonyl (C=O) groups is 1. The maximum Gasteiger partial charge on any atom is 0.241 e. The summed E-state index contributed by atoms with van der Waals surface area (Å²) in [4.78, 5) is 11.5. The number of nitrogens with two attached hydrogens (primary N) is 1. The van der Waals surface area contributed by atoms with Crippen LogP contribution in [0.2, 0.25) is 0 Å². The number of carbonyl (C=O) groups excluding carboxylic acids is 1. The number of rotatable bonds is 2. The molecule has 0 heterocycles. The van der Waals surface area contributed by atoms with E-state index in [1.807, 2.05) is 19.1 Å². The van der Waals surface area contributed by atoms with Gasteiger partial charge in [0, 0.05) is 7.05 Å². The van der Waals surface area contributed by atoms with Gasteiger partial charge < -0.3 is 11.1 Å². The van der Waals surface area contributed by atoms with Crippen molar-refractivity contribution in [2.24, 2.45) is 5.73 Å². The topological polar surface area (TPSA) is 55.1 Å². The number of aryl methyl sites for hydroxylation is 1. The predicted octanol–water partition coefficient (Wildman–Crippen LogP) is 2.04. The minimum Gasteiger partial charge on any atom is -0.358 e. The Hall–Kier alpha value is -1.35. The Morgan fingerprint density at radius 2 is 1.94 bits per heavy atom. The highest BCUT2D eigenvalue weighted by atomic mass is 16.2. The van der Waals surface area contributed by atoms with E-state index in [9.17, 15) is 4.79 Å². The van der Waals surface area contributed by atoms with Crippen molar-refractivity contribution in [1.29, 1.82) is 0 Å². The molecule has 3 N–H and O–H groups in total. The van der Waals surface area contributed by atoms with Crippen LogP contribution in [0.25, 0.3) is 0 Å². The zero-order valence-corrected chi connectivity index (χ0v) is 11.3. The van der Waals surface area contributed by atoms with E-state index >= 15 is 0 Å². The van der Waals surface area contributed by atoms with Crippen molar-refractivity contribution >= 4 is 5.91 Å². The molecule has 3 nitrogen and oxygen atoms in total. The Balaban J connectivity index is 3.10. The molecule has 0 saturated heterocycles. The number of likely N-dealkylation sites (N-methyl/N-ethyl adjacent to an activating group) is 1. The average molecular weight is 234 g/mol. The Labute approximate surface area is 103 Å². The summed E-state index contributed by atoms with van der Waals surface area (Å²) in [5.74, 6) is -0.156. The lowest BCUT2D eigenvalue weighted by Gasteiger charge is -2.21. The van der Waals surface area contributed by atoms with Gasteiger partial charge in [0.15, 0.2) is 0 Å². The van der Waals surface area contributed by atoms with E-state index in [-0.39, 0.29) is 11.3 Å². The van der Waals surface area contributed by atoms with Gasteiger partial charge in [-0.15, -0.1) is 0 Å². The molecule has 0 spiro atoms. The Morgan fingerprint density at radius 3 is 2.35 bits per heavy atom. The maximum atomic E-state index is 11.5. The van der Waals surface area contributed by atoms with Crippen molar-refractivity contribution in [3.05, 3.63) is 34.9 Å². The van der Waals surface area contributed by atoms with Gasteiger partial charge in [0.1, 0.15) is 6.04 Å². The monoisotopic (exact) mass is 234 g/mol. The summed E-state index contributed by atoms with van der Waals surface area (Å²) in [6.45, 7) is 8.49. The molecule has 0 bridgehead atoms. The quantitative estimate of drug-likeness (QED) is 0.822. The first kappa shape index (κ1) is 13.7. The zero-order valence-electron chi connectivity index (χ0n) is 11.3. The van der Waals surface area contributed by atoms with Gasteiger partial charge in [-0.3, -0.25) is 4.79 Å². The highest BCUT2D eigenvalue weighted by molar-refractivity contribution is 5.83. The van der Waals surface area contributed by atoms with Crippen molar-refractivity contribution in [2.45, 2.75) is 39.2 Å². The van der Waals surface area contributed by atoms with Crippen molar-refractivity contribution in [3.8, 4) is 0 Å². The maximum absolute atomic E-state index is 11.5. The van der Waals surface area contributed by atoms with Crippen molar-refractivity contribution in [1.82, 2.24) is 5.32 Å². The molecule has 0 saturated carbocycles. The van der Waals surface area contributed by atoms with E-state index in [0.29, 0.717) is 0 Å². The third-order valence-corrected chi connectivity index (χ3v) is 3.00. The summed E-state index contributed by atoms with van der Waals surface area (Å²) in [6.07, 6.45) is 0. The molecular weight excluding hydrogens is 212 g/mol. The summed E-state index contributed by atoms with van der Waals surface area (Å²) < 4.78 is 0. The summed E-state index contributed by atoms with van der Waals surface area (Å²) in [6, 6.07) is 5.52. The minimum atomic E-state index is -0.589. The summed E-state index contributed by atoms with van der Waals surface area (Å²) in [5.41, 5.74) is 9.21. The van der Waals surface area contributed by atoms with Crippen molar-refractivity contribution < 1.29 is 4.79 Å². The number of amides is 1. The lowest BCUT2D eigenvalue weighted by molar-refractivity contribution is -0.122. The molecule has 3 heteroatoms. The predicted molar refractivity (Wildman–Crippen MR) is 70.9 cm³/mol. The van der Waals surface area contributed by atoms with E-state index < -0.39 is 6.04 Å². The van der Waals surface area contributed by atoms with Crippen molar-refractivity contribution in [3.63, 3.8) is 0 Å². The molecular formula is C14H22N2O. The van der Waals surface area contributed by atoms with Crippen LogP contribution in [0.3, 0.4) is 0 Å². The van der Waals surface area contributed by atoms with Gasteiger partial charge in [-0.2, -0.15) is 0 Å². The number of benzene rings is 1. The zero-order chi connectivity index (χ0) is 13.2. The molecule has 1 rings (SSSR count). The standard InChI is InChI=1S/C14H22N2O/c1-9-8-10(14(2,3)4)6-7-11(9)12(15)13(17)16-5/h6-8,12H,15H2,1-5H3,(H,16,17). The van der Waals surface area contributed by atoms with Crippen molar-refractivity contribution in [2.75, 3.05) is 7.05 Å². The lowest BCUT2D eigenvalue weighted by atomic mass is 9.84. The first-order valence-corrected chi connectivity index (χ1v) is 5.85.